The molecular weight excluding hydrogens is 326 g/mol. The molecular formula is C21H23N3O2. The maximum absolute atomic E-state index is 6.62. The van der Waals surface area contributed by atoms with Crippen molar-refractivity contribution in [1.82, 2.24) is 9.99 Å². The number of hydrogen-bond acceptors (Lipinski definition) is 5. The fraction of sp³-hybridized carbons (Fsp3) is 0.429. The van der Waals surface area contributed by atoms with Gasteiger partial charge in [-0.2, -0.15) is 5.10 Å². The highest BCUT2D eigenvalue weighted by Crippen LogP contribution is 2.51. The van der Waals surface area contributed by atoms with Gasteiger partial charge in [0, 0.05) is 42.8 Å². The molecule has 1 aromatic heterocycles. The molecule has 0 unspecified atom stereocenters. The van der Waals surface area contributed by atoms with E-state index in [1.165, 1.54) is 5.56 Å². The molecule has 2 atom stereocenters. The van der Waals surface area contributed by atoms with Crippen LogP contribution in [0.5, 0.6) is 5.75 Å². The first-order valence-corrected chi connectivity index (χ1v) is 9.26. The molecule has 2 aromatic rings. The van der Waals surface area contributed by atoms with Crippen LogP contribution >= 0.6 is 0 Å². The quantitative estimate of drug-likeness (QED) is 0.783. The fourth-order valence-corrected chi connectivity index (χ4v) is 4.51. The molecule has 1 saturated heterocycles. The van der Waals surface area contributed by atoms with Crippen LogP contribution < -0.4 is 4.74 Å². The maximum Gasteiger partial charge on any atom is 0.203 e. The second kappa shape index (κ2) is 5.55. The van der Waals surface area contributed by atoms with Crippen LogP contribution in [0.15, 0.2) is 53.9 Å². The summed E-state index contributed by atoms with van der Waals surface area (Å²) < 4.78 is 12.6. The Morgan fingerprint density at radius 1 is 1.15 bits per heavy atom. The molecule has 1 spiro atoms. The topological polar surface area (TPSA) is 47.0 Å². The van der Waals surface area contributed by atoms with E-state index in [0.29, 0.717) is 6.61 Å². The highest BCUT2D eigenvalue weighted by atomic mass is 16.5. The Balaban J connectivity index is 1.62. The first kappa shape index (κ1) is 15.8. The van der Waals surface area contributed by atoms with Crippen molar-refractivity contribution in [3.05, 3.63) is 59.9 Å². The van der Waals surface area contributed by atoms with Crippen molar-refractivity contribution < 1.29 is 9.47 Å². The van der Waals surface area contributed by atoms with E-state index in [2.05, 4.69) is 48.1 Å². The van der Waals surface area contributed by atoms with Crippen molar-refractivity contribution in [2.75, 3.05) is 6.61 Å². The molecule has 1 aromatic carbocycles. The lowest BCUT2D eigenvalue weighted by atomic mass is 9.86. The van der Waals surface area contributed by atoms with Gasteiger partial charge in [-0.1, -0.05) is 24.3 Å². The molecule has 0 aliphatic carbocycles. The molecule has 0 bridgehead atoms. The molecule has 3 aliphatic rings. The first-order valence-electron chi connectivity index (χ1n) is 9.26. The van der Waals surface area contributed by atoms with Crippen LogP contribution in [0, 0.1) is 0 Å². The molecule has 0 N–H and O–H groups in total. The summed E-state index contributed by atoms with van der Waals surface area (Å²) >= 11 is 0. The minimum atomic E-state index is -0.454. The number of aromatic nitrogens is 1. The van der Waals surface area contributed by atoms with Crippen LogP contribution in [0.25, 0.3) is 0 Å². The van der Waals surface area contributed by atoms with E-state index in [-0.39, 0.29) is 11.6 Å². The van der Waals surface area contributed by atoms with Crippen LogP contribution in [0.1, 0.15) is 50.3 Å². The third-order valence-corrected chi connectivity index (χ3v) is 5.59. The van der Waals surface area contributed by atoms with Crippen molar-refractivity contribution >= 4 is 5.71 Å². The molecule has 5 rings (SSSR count). The SMILES string of the molecule is CC1(C)C[C@@]2(CCO1)Oc1ccccc1[C@@H]1CC(c3cccnc3)=NN12. The number of pyridine rings is 1. The molecule has 5 nitrogen and oxygen atoms in total. The second-order valence-electron chi connectivity index (χ2n) is 7.97. The Kier molecular flexibility index (Phi) is 3.38. The van der Waals surface area contributed by atoms with Crippen molar-refractivity contribution in [1.29, 1.82) is 0 Å². The maximum atomic E-state index is 6.62. The van der Waals surface area contributed by atoms with Gasteiger partial charge in [-0.3, -0.25) is 4.98 Å². The van der Waals surface area contributed by atoms with Gasteiger partial charge in [0.2, 0.25) is 5.72 Å². The zero-order valence-electron chi connectivity index (χ0n) is 15.2. The van der Waals surface area contributed by atoms with Gasteiger partial charge >= 0.3 is 0 Å². The smallest absolute Gasteiger partial charge is 0.203 e. The highest BCUT2D eigenvalue weighted by molar-refractivity contribution is 6.01. The molecule has 0 amide bonds. The van der Waals surface area contributed by atoms with E-state index < -0.39 is 5.72 Å². The second-order valence-corrected chi connectivity index (χ2v) is 7.97. The Morgan fingerprint density at radius 3 is 2.85 bits per heavy atom. The fourth-order valence-electron chi connectivity index (χ4n) is 4.51. The van der Waals surface area contributed by atoms with Crippen LogP contribution in [0.3, 0.4) is 0 Å². The Bertz CT molecular complexity index is 865. The summed E-state index contributed by atoms with van der Waals surface area (Å²) in [5.41, 5.74) is 2.69. The number of nitrogens with zero attached hydrogens (tertiary/aromatic N) is 3. The van der Waals surface area contributed by atoms with Crippen molar-refractivity contribution in [3.8, 4) is 5.75 Å². The number of fused-ring (bicyclic) bond motifs is 4. The van der Waals surface area contributed by atoms with Gasteiger partial charge in [-0.25, -0.2) is 5.01 Å². The first-order chi connectivity index (χ1) is 12.6. The zero-order valence-corrected chi connectivity index (χ0v) is 15.2. The summed E-state index contributed by atoms with van der Waals surface area (Å²) in [4.78, 5) is 4.27. The summed E-state index contributed by atoms with van der Waals surface area (Å²) in [7, 11) is 0. The van der Waals surface area contributed by atoms with E-state index in [9.17, 15) is 0 Å². The third-order valence-electron chi connectivity index (χ3n) is 5.59. The van der Waals surface area contributed by atoms with E-state index in [1.54, 1.807) is 6.20 Å². The van der Waals surface area contributed by atoms with E-state index in [4.69, 9.17) is 14.6 Å². The monoisotopic (exact) mass is 349 g/mol. The molecule has 134 valence electrons. The van der Waals surface area contributed by atoms with Gasteiger partial charge < -0.3 is 9.47 Å². The molecule has 3 aliphatic heterocycles. The average Bonchev–Trinajstić information content (AvgIpc) is 3.09. The summed E-state index contributed by atoms with van der Waals surface area (Å²) in [5, 5.41) is 7.26. The largest absolute Gasteiger partial charge is 0.466 e. The van der Waals surface area contributed by atoms with Gasteiger partial charge in [0.1, 0.15) is 5.75 Å². The lowest BCUT2D eigenvalue weighted by molar-refractivity contribution is -0.212. The number of ether oxygens (including phenoxy) is 2. The summed E-state index contributed by atoms with van der Waals surface area (Å²) in [6.07, 6.45) is 6.16. The van der Waals surface area contributed by atoms with Gasteiger partial charge in [0.25, 0.3) is 0 Å². The Hall–Kier alpha value is -2.40. The molecule has 4 heterocycles. The van der Waals surface area contributed by atoms with Gasteiger partial charge in [-0.05, 0) is 26.0 Å². The van der Waals surface area contributed by atoms with Gasteiger partial charge in [-0.15, -0.1) is 0 Å². The van der Waals surface area contributed by atoms with Crippen LogP contribution in [-0.4, -0.2) is 33.6 Å². The summed E-state index contributed by atoms with van der Waals surface area (Å²) in [6, 6.07) is 12.6. The average molecular weight is 349 g/mol. The highest BCUT2D eigenvalue weighted by Gasteiger charge is 2.54. The number of rotatable bonds is 1. The van der Waals surface area contributed by atoms with Crippen LogP contribution in [0.4, 0.5) is 0 Å². The minimum Gasteiger partial charge on any atom is -0.466 e. The third kappa shape index (κ3) is 2.42. The predicted octanol–water partition coefficient (Wildman–Crippen LogP) is 3.91. The molecule has 5 heteroatoms. The zero-order chi connectivity index (χ0) is 17.8. The summed E-state index contributed by atoms with van der Waals surface area (Å²) in [5.74, 6) is 0.981. The lowest BCUT2D eigenvalue weighted by Crippen LogP contribution is -2.60. The molecule has 0 radical (unpaired) electrons. The van der Waals surface area contributed by atoms with Crippen molar-refractivity contribution in [2.45, 2.75) is 50.5 Å². The van der Waals surface area contributed by atoms with E-state index in [0.717, 1.165) is 36.3 Å². The van der Waals surface area contributed by atoms with Gasteiger partial charge in [0.15, 0.2) is 0 Å². The van der Waals surface area contributed by atoms with Crippen molar-refractivity contribution in [2.24, 2.45) is 5.10 Å². The minimum absolute atomic E-state index is 0.198. The van der Waals surface area contributed by atoms with Crippen LogP contribution in [0.2, 0.25) is 0 Å². The molecule has 1 fully saturated rings. The normalized spacial score (nSPS) is 28.9. The Morgan fingerprint density at radius 2 is 2.04 bits per heavy atom. The standard InChI is InChI=1S/C21H23N3O2/c1-20(2)14-21(9-11-25-20)24-18(16-7-3-4-8-19(16)26-21)12-17(23-24)15-6-5-10-22-13-15/h3-8,10,13,18H,9,11-12,14H2,1-2H3/t18-,21+/m0/s1. The number of hydrogen-bond donors (Lipinski definition) is 0. The molecule has 0 saturated carbocycles. The van der Waals surface area contributed by atoms with E-state index in [1.807, 2.05) is 18.3 Å². The van der Waals surface area contributed by atoms with Crippen LogP contribution in [-0.2, 0) is 4.74 Å². The summed E-state index contributed by atoms with van der Waals surface area (Å²) in [6.45, 7) is 4.94. The Labute approximate surface area is 153 Å². The predicted molar refractivity (Wildman–Crippen MR) is 99.0 cm³/mol. The lowest BCUT2D eigenvalue weighted by Gasteiger charge is -2.52. The van der Waals surface area contributed by atoms with E-state index >= 15 is 0 Å². The number of para-hydroxylation sites is 1. The number of hydrazone groups is 1. The van der Waals surface area contributed by atoms with Gasteiger partial charge in [0.05, 0.1) is 24.0 Å². The number of benzene rings is 1. The van der Waals surface area contributed by atoms with Crippen molar-refractivity contribution in [3.63, 3.8) is 0 Å². The molecule has 26 heavy (non-hydrogen) atoms.